The van der Waals surface area contributed by atoms with Crippen molar-refractivity contribution in [3.05, 3.63) is 120 Å². The molecule has 0 fully saturated rings. The van der Waals surface area contributed by atoms with Crippen LogP contribution in [-0.2, 0) is 20.0 Å². The van der Waals surface area contributed by atoms with Crippen molar-refractivity contribution in [1.82, 2.24) is 0 Å². The fourth-order valence-electron chi connectivity index (χ4n) is 5.09. The van der Waals surface area contributed by atoms with Crippen LogP contribution in [0.3, 0.4) is 0 Å². The number of hydrogen-bond donors (Lipinski definition) is 0. The zero-order chi connectivity index (χ0) is 59.9. The third-order valence-corrected chi connectivity index (χ3v) is 10.2. The van der Waals surface area contributed by atoms with Gasteiger partial charge < -0.3 is 4.13 Å². The first-order valence-electron chi connectivity index (χ1n) is 15.5. The van der Waals surface area contributed by atoms with Gasteiger partial charge >= 0.3 is 80.4 Å². The second-order valence-corrected chi connectivity index (χ2v) is 23.4. The summed E-state index contributed by atoms with van der Waals surface area (Å²) in [6.45, 7) is 0. The van der Waals surface area contributed by atoms with Gasteiger partial charge in [-0.1, -0.05) is 0 Å². The molecule has 0 aliphatic heterocycles. The summed E-state index contributed by atoms with van der Waals surface area (Å²) in [5.41, 5.74) is -26.7. The van der Waals surface area contributed by atoms with Crippen LogP contribution in [0.4, 0.5) is 156 Å². The Balaban J connectivity index is 0.000000766. The summed E-state index contributed by atoms with van der Waals surface area (Å²) < 4.78 is 522. The van der Waals surface area contributed by atoms with Crippen LogP contribution in [-0.4, -0.2) is 53.5 Å². The molecule has 5 nitrogen and oxygen atoms in total. The molecule has 0 amide bonds. The summed E-state index contributed by atoms with van der Waals surface area (Å²) in [6.07, 6.45) is -7.22. The molecule has 0 saturated carbocycles. The van der Waals surface area contributed by atoms with Crippen LogP contribution >= 0.6 is 7.81 Å². The number of rotatable bonds is 6. The van der Waals surface area contributed by atoms with E-state index < -0.39 is 203 Å². The van der Waals surface area contributed by atoms with Crippen molar-refractivity contribution in [2.75, 3.05) is 0 Å². The third kappa shape index (κ3) is 15.3. The number of nitrogens with zero attached hydrogens (tertiary/aromatic N) is 1. The van der Waals surface area contributed by atoms with Crippen LogP contribution in [0.1, 0.15) is 0 Å². The van der Waals surface area contributed by atoms with Crippen molar-refractivity contribution >= 4 is 75.3 Å². The molecule has 4 aromatic rings. The fourth-order valence-corrected chi connectivity index (χ4v) is 6.80. The Morgan fingerprint density at radius 3 is 0.486 bits per heavy atom. The summed E-state index contributed by atoms with van der Waals surface area (Å²) in [5, 5.41) is 0. The van der Waals surface area contributed by atoms with E-state index in [2.05, 4.69) is 0 Å². The minimum atomic E-state index is -11.2. The first-order chi connectivity index (χ1) is 31.8. The van der Waals surface area contributed by atoms with Crippen LogP contribution in [0.25, 0.3) is 4.13 Å². The molecular weight excluding hydrogens is 1340 g/mol. The maximum absolute atomic E-state index is 15.4. The van der Waals surface area contributed by atoms with Crippen molar-refractivity contribution < 1.29 is 173 Å². The molecule has 0 spiro atoms. The van der Waals surface area contributed by atoms with E-state index in [9.17, 15) is 138 Å². The minimum absolute atomic E-state index is 0.778. The van der Waals surface area contributed by atoms with Gasteiger partial charge in [-0.3, -0.25) is 0 Å². The molecule has 4 rings (SSSR count). The molecule has 4 aromatic carbocycles. The Bertz CT molecular complexity index is 2690. The van der Waals surface area contributed by atoms with Crippen LogP contribution in [0, 0.1) is 116 Å². The second-order valence-electron chi connectivity index (χ2n) is 12.6. The van der Waals surface area contributed by atoms with Gasteiger partial charge in [-0.05, 0) is 0 Å². The first kappa shape index (κ1) is 67.4. The topological polar surface area (TPSA) is 82.4 Å². The van der Waals surface area contributed by atoms with Gasteiger partial charge in [-0.15, -0.1) is 21.9 Å². The Labute approximate surface area is 379 Å². The summed E-state index contributed by atoms with van der Waals surface area (Å²) >= 11 is -11.2. The van der Waals surface area contributed by atoms with Crippen molar-refractivity contribution in [3.8, 4) is 0 Å². The fraction of sp³-hybridized carbons (Fsp3) is 0.0769. The van der Waals surface area contributed by atoms with E-state index in [-0.39, 0.29) is 0 Å². The predicted molar refractivity (Wildman–Crippen MR) is 168 cm³/mol. The number of hydrogen-bond acceptors (Lipinski definition) is 4. The molecule has 0 saturated heterocycles. The average Bonchev–Trinajstić information content (AvgIpc) is 3.17. The molecular formula is C26BF38NO4PS2Sb-4. The molecule has 74 heavy (non-hydrogen) atoms. The van der Waals surface area contributed by atoms with Gasteiger partial charge in [0.25, 0.3) is 0 Å². The van der Waals surface area contributed by atoms with Crippen LogP contribution in [0.2, 0.25) is 0 Å². The van der Waals surface area contributed by atoms with E-state index >= 15 is 35.1 Å². The Morgan fingerprint density at radius 1 is 0.297 bits per heavy atom. The summed E-state index contributed by atoms with van der Waals surface area (Å²) in [5.74, 6) is -71.4. The van der Waals surface area contributed by atoms with E-state index in [0.717, 1.165) is 4.13 Å². The molecule has 0 atom stereocenters. The third-order valence-electron chi connectivity index (χ3n) is 7.49. The molecule has 428 valence electrons. The zero-order valence-electron chi connectivity index (χ0n) is 31.7. The van der Waals surface area contributed by atoms with Crippen molar-refractivity contribution in [2.45, 2.75) is 11.0 Å². The average molecular weight is 1340 g/mol. The molecule has 0 heterocycles. The zero-order valence-corrected chi connectivity index (χ0v) is 36.8. The normalized spacial score (nSPS) is 14.8. The number of benzene rings is 4. The molecule has 0 bridgehead atoms. The van der Waals surface area contributed by atoms with Crippen LogP contribution in [0.5, 0.6) is 0 Å². The molecule has 0 aromatic heterocycles. The Kier molecular flexibility index (Phi) is 17.2. The molecule has 0 aliphatic rings. The van der Waals surface area contributed by atoms with E-state index in [1.165, 1.54) is 0 Å². The van der Waals surface area contributed by atoms with Gasteiger partial charge in [-0.25, -0.2) is 105 Å². The number of sulfonamides is 2. The molecule has 0 unspecified atom stereocenters. The van der Waals surface area contributed by atoms with E-state index in [1.807, 2.05) is 0 Å². The van der Waals surface area contributed by atoms with Crippen LogP contribution < -0.4 is 21.9 Å². The maximum atomic E-state index is 15.4. The first-order valence-corrected chi connectivity index (χ1v) is 26.2. The van der Waals surface area contributed by atoms with Crippen molar-refractivity contribution in [2.24, 2.45) is 0 Å². The summed E-state index contributed by atoms with van der Waals surface area (Å²) in [4.78, 5) is 0. The molecule has 0 N–H and O–H groups in total. The monoisotopic (exact) mass is 1340 g/mol. The van der Waals surface area contributed by atoms with Gasteiger partial charge in [0.1, 0.15) is 52.7 Å². The number of halogens is 38. The summed E-state index contributed by atoms with van der Waals surface area (Å²) in [7, 11) is -24.1. The van der Waals surface area contributed by atoms with Crippen molar-refractivity contribution in [3.63, 3.8) is 0 Å². The van der Waals surface area contributed by atoms with E-state index in [1.54, 1.807) is 0 Å². The Morgan fingerprint density at radius 2 is 0.392 bits per heavy atom. The number of alkyl halides is 6. The van der Waals surface area contributed by atoms with E-state index in [0.29, 0.717) is 0 Å². The van der Waals surface area contributed by atoms with Gasteiger partial charge in [0.15, 0.2) is 89.9 Å². The molecule has 48 heteroatoms. The van der Waals surface area contributed by atoms with E-state index in [4.69, 9.17) is 0 Å². The second kappa shape index (κ2) is 18.8. The van der Waals surface area contributed by atoms with Gasteiger partial charge in [0, 0.05) is 0 Å². The summed E-state index contributed by atoms with van der Waals surface area (Å²) in [6, 6.07) is 0. The molecule has 0 aliphatic carbocycles. The van der Waals surface area contributed by atoms with Crippen LogP contribution in [0.15, 0.2) is 0 Å². The Hall–Kier alpha value is -4.61. The predicted octanol–water partition coefficient (Wildman–Crippen LogP) is 12.4. The van der Waals surface area contributed by atoms with Gasteiger partial charge in [-0.2, -0.15) is 26.3 Å². The quantitative estimate of drug-likeness (QED) is 0.0633. The standard InChI is InChI=1S/C24BF20.C2F6NO4S2.F6P.6FH.Sb/c26-5-1(6(27)14(35)21(42)13(5)34)25(2-7(28)15(36)22(43)16(37)8(2)29,3-9(30)17(38)23(44)18(39)10(3)31)4-11(32)19(40)24(45)20(41)12(4)33;3-1(4,5)14(10,11)9-15(12,13)2(6,7)8;1-7(2,3,4,5)6;;;;;;;/h;;;6*1H;/q3*-1;;;;;;;+5/p-6. The van der Waals surface area contributed by atoms with Crippen molar-refractivity contribution in [1.29, 1.82) is 0 Å². The SMILES string of the molecule is F[P-](F)(F)(F)(F)F.Fc1c(F)c(F)c([B-](c2c(F)c(F)c(F)c(F)c2F)(c2c(F)c(F)c(F)c(F)c2F)c2c(F)c(F)c(F)c(F)c2F)c(F)c1F.O=S(=O)([N-]S(=O)(=O)C(F)(F)F)C(F)(F)F.[F][Sb-]([F])([F])([F])([F])[F]. The van der Waals surface area contributed by atoms with Gasteiger partial charge in [0.05, 0.1) is 0 Å². The van der Waals surface area contributed by atoms with Gasteiger partial charge in [0.2, 0.25) is 0 Å². The molecule has 0 radical (unpaired) electrons.